The fourth-order valence-electron chi connectivity index (χ4n) is 2.18. The Hall–Kier alpha value is -0.410. The predicted molar refractivity (Wildman–Crippen MR) is 74.6 cm³/mol. The Kier molecular flexibility index (Phi) is 6.14. The molecule has 0 fully saturated rings. The molecule has 17 heavy (non-hydrogen) atoms. The second-order valence-electron chi connectivity index (χ2n) is 4.39. The molecule has 0 saturated heterocycles. The Balaban J connectivity index is 2.93. The van der Waals surface area contributed by atoms with Gasteiger partial charge in [0.05, 0.1) is 0 Å². The van der Waals surface area contributed by atoms with Crippen LogP contribution in [0.3, 0.4) is 0 Å². The predicted octanol–water partition coefficient (Wildman–Crippen LogP) is 4.68. The van der Waals surface area contributed by atoms with Gasteiger partial charge in [-0.15, -0.1) is 0 Å². The van der Waals surface area contributed by atoms with Crippen LogP contribution in [0.1, 0.15) is 44.7 Å². The quantitative estimate of drug-likeness (QED) is 0.805. The maximum atomic E-state index is 13.9. The first-order valence-electron chi connectivity index (χ1n) is 6.25. The van der Waals surface area contributed by atoms with Gasteiger partial charge >= 0.3 is 0 Å². The Morgan fingerprint density at radius 2 is 1.94 bits per heavy atom. The van der Waals surface area contributed by atoms with Crippen LogP contribution in [0.5, 0.6) is 0 Å². The summed E-state index contributed by atoms with van der Waals surface area (Å²) in [6.45, 7) is 4.38. The van der Waals surface area contributed by atoms with Gasteiger partial charge in [-0.2, -0.15) is 0 Å². The van der Waals surface area contributed by atoms with Gasteiger partial charge in [-0.05, 0) is 31.5 Å². The van der Waals surface area contributed by atoms with Gasteiger partial charge in [-0.25, -0.2) is 4.39 Å². The molecule has 1 aromatic carbocycles. The molecule has 0 aliphatic heterocycles. The molecule has 0 radical (unpaired) electrons. The highest BCUT2D eigenvalue weighted by Crippen LogP contribution is 2.31. The molecule has 0 bridgehead atoms. The van der Waals surface area contributed by atoms with Crippen LogP contribution in [-0.2, 0) is 0 Å². The first-order valence-corrected chi connectivity index (χ1v) is 7.04. The van der Waals surface area contributed by atoms with Crippen LogP contribution >= 0.6 is 15.9 Å². The number of nitrogens with one attached hydrogen (secondary N) is 1. The number of rotatable bonds is 6. The molecule has 0 aliphatic carbocycles. The minimum absolute atomic E-state index is 0.0791. The summed E-state index contributed by atoms with van der Waals surface area (Å²) in [6, 6.07) is 5.23. The standard InChI is InChI=1S/C14H21BrFN/c1-4-10(5-2)9-13(17-3)14-11(15)7-6-8-12(14)16/h6-8,10,13,17H,4-5,9H2,1-3H3. The molecule has 1 aromatic rings. The summed E-state index contributed by atoms with van der Waals surface area (Å²) in [4.78, 5) is 0. The van der Waals surface area contributed by atoms with E-state index in [0.717, 1.165) is 29.3 Å². The highest BCUT2D eigenvalue weighted by molar-refractivity contribution is 9.10. The second-order valence-corrected chi connectivity index (χ2v) is 5.25. The smallest absolute Gasteiger partial charge is 0.129 e. The Morgan fingerprint density at radius 3 is 2.41 bits per heavy atom. The molecule has 0 aliphatic rings. The van der Waals surface area contributed by atoms with E-state index in [-0.39, 0.29) is 11.9 Å². The summed E-state index contributed by atoms with van der Waals surface area (Å²) in [5, 5.41) is 3.23. The molecule has 1 rings (SSSR count). The van der Waals surface area contributed by atoms with Gasteiger partial charge in [-0.1, -0.05) is 48.7 Å². The van der Waals surface area contributed by atoms with Gasteiger partial charge < -0.3 is 5.32 Å². The molecular formula is C14H21BrFN. The van der Waals surface area contributed by atoms with Crippen molar-refractivity contribution in [2.24, 2.45) is 5.92 Å². The second kappa shape index (κ2) is 7.12. The van der Waals surface area contributed by atoms with Crippen LogP contribution in [0.2, 0.25) is 0 Å². The van der Waals surface area contributed by atoms with Crippen molar-refractivity contribution >= 4 is 15.9 Å². The maximum absolute atomic E-state index is 13.9. The summed E-state index contributed by atoms with van der Waals surface area (Å²) in [6.07, 6.45) is 3.25. The molecule has 1 nitrogen and oxygen atoms in total. The largest absolute Gasteiger partial charge is 0.313 e. The third-order valence-electron chi connectivity index (χ3n) is 3.42. The van der Waals surface area contributed by atoms with E-state index in [4.69, 9.17) is 0 Å². The molecule has 1 atom stereocenters. The highest BCUT2D eigenvalue weighted by atomic mass is 79.9. The third kappa shape index (κ3) is 3.78. The third-order valence-corrected chi connectivity index (χ3v) is 4.11. The first-order chi connectivity index (χ1) is 8.13. The molecule has 1 N–H and O–H groups in total. The number of hydrogen-bond donors (Lipinski definition) is 1. The number of hydrogen-bond acceptors (Lipinski definition) is 1. The van der Waals surface area contributed by atoms with Gasteiger partial charge in [0.15, 0.2) is 0 Å². The van der Waals surface area contributed by atoms with E-state index in [0.29, 0.717) is 5.92 Å². The average Bonchev–Trinajstić information content (AvgIpc) is 2.33. The van der Waals surface area contributed by atoms with Crippen molar-refractivity contribution in [2.45, 2.75) is 39.2 Å². The SMILES string of the molecule is CCC(CC)CC(NC)c1c(F)cccc1Br. The first kappa shape index (κ1) is 14.7. The van der Waals surface area contributed by atoms with Crippen LogP contribution in [0.25, 0.3) is 0 Å². The topological polar surface area (TPSA) is 12.0 Å². The minimum atomic E-state index is -0.135. The van der Waals surface area contributed by atoms with Gasteiger partial charge in [0.1, 0.15) is 5.82 Å². The molecule has 0 saturated carbocycles. The van der Waals surface area contributed by atoms with Gasteiger partial charge in [0.25, 0.3) is 0 Å². The van der Waals surface area contributed by atoms with Gasteiger partial charge in [0, 0.05) is 16.1 Å². The van der Waals surface area contributed by atoms with Crippen LogP contribution < -0.4 is 5.32 Å². The Morgan fingerprint density at radius 1 is 1.29 bits per heavy atom. The summed E-state index contributed by atoms with van der Waals surface area (Å²) < 4.78 is 14.7. The van der Waals surface area contributed by atoms with Crippen LogP contribution in [-0.4, -0.2) is 7.05 Å². The fourth-order valence-corrected chi connectivity index (χ4v) is 2.80. The molecule has 3 heteroatoms. The zero-order valence-electron chi connectivity index (χ0n) is 10.8. The van der Waals surface area contributed by atoms with E-state index in [1.807, 2.05) is 13.1 Å². The van der Waals surface area contributed by atoms with Crippen molar-refractivity contribution in [1.82, 2.24) is 5.32 Å². The van der Waals surface area contributed by atoms with E-state index in [1.54, 1.807) is 6.07 Å². The molecule has 0 heterocycles. The molecule has 1 unspecified atom stereocenters. The summed E-state index contributed by atoms with van der Waals surface area (Å²) >= 11 is 3.44. The lowest BCUT2D eigenvalue weighted by Crippen LogP contribution is -2.21. The molecule has 0 amide bonds. The monoisotopic (exact) mass is 301 g/mol. The number of halogens is 2. The molecule has 0 aromatic heterocycles. The van der Waals surface area contributed by atoms with E-state index in [1.165, 1.54) is 6.07 Å². The summed E-state index contributed by atoms with van der Waals surface area (Å²) in [5.41, 5.74) is 0.752. The fraction of sp³-hybridized carbons (Fsp3) is 0.571. The maximum Gasteiger partial charge on any atom is 0.129 e. The molecule has 96 valence electrons. The van der Waals surface area contributed by atoms with Crippen molar-refractivity contribution in [3.05, 3.63) is 34.1 Å². The van der Waals surface area contributed by atoms with E-state index < -0.39 is 0 Å². The Labute approximate surface area is 112 Å². The number of benzene rings is 1. The van der Waals surface area contributed by atoms with E-state index in [9.17, 15) is 4.39 Å². The molecular weight excluding hydrogens is 281 g/mol. The summed E-state index contributed by atoms with van der Waals surface area (Å²) in [7, 11) is 1.89. The Bertz CT molecular complexity index is 330. The normalized spacial score (nSPS) is 13.1. The highest BCUT2D eigenvalue weighted by Gasteiger charge is 2.19. The van der Waals surface area contributed by atoms with Crippen molar-refractivity contribution in [3.8, 4) is 0 Å². The lowest BCUT2D eigenvalue weighted by molar-refractivity contribution is 0.377. The minimum Gasteiger partial charge on any atom is -0.313 e. The van der Waals surface area contributed by atoms with Crippen LogP contribution in [0.4, 0.5) is 4.39 Å². The lowest BCUT2D eigenvalue weighted by atomic mass is 9.91. The van der Waals surface area contributed by atoms with Crippen LogP contribution in [0, 0.1) is 11.7 Å². The zero-order valence-corrected chi connectivity index (χ0v) is 12.3. The van der Waals surface area contributed by atoms with Gasteiger partial charge in [0.2, 0.25) is 0 Å². The van der Waals surface area contributed by atoms with Gasteiger partial charge in [-0.3, -0.25) is 0 Å². The van der Waals surface area contributed by atoms with Crippen molar-refractivity contribution in [2.75, 3.05) is 7.05 Å². The lowest BCUT2D eigenvalue weighted by Gasteiger charge is -2.23. The van der Waals surface area contributed by atoms with E-state index >= 15 is 0 Å². The average molecular weight is 302 g/mol. The van der Waals surface area contributed by atoms with Crippen molar-refractivity contribution in [3.63, 3.8) is 0 Å². The zero-order chi connectivity index (χ0) is 12.8. The van der Waals surface area contributed by atoms with Crippen LogP contribution in [0.15, 0.2) is 22.7 Å². The summed E-state index contributed by atoms with van der Waals surface area (Å²) in [5.74, 6) is 0.503. The van der Waals surface area contributed by atoms with Crippen molar-refractivity contribution in [1.29, 1.82) is 0 Å². The van der Waals surface area contributed by atoms with E-state index in [2.05, 4.69) is 35.1 Å². The molecule has 0 spiro atoms. The van der Waals surface area contributed by atoms with Crippen molar-refractivity contribution < 1.29 is 4.39 Å².